The van der Waals surface area contributed by atoms with Gasteiger partial charge in [0.25, 0.3) is 5.89 Å². The van der Waals surface area contributed by atoms with E-state index >= 15 is 0 Å². The summed E-state index contributed by atoms with van der Waals surface area (Å²) in [6.07, 6.45) is 1.03. The summed E-state index contributed by atoms with van der Waals surface area (Å²) in [7, 11) is 0. The molecule has 0 amide bonds. The first-order chi connectivity index (χ1) is 13.2. The molecule has 4 rings (SSSR count). The molecule has 0 atom stereocenters. The lowest BCUT2D eigenvalue weighted by molar-refractivity contribution is -0.915. The third-order valence-electron chi connectivity index (χ3n) is 5.15. The van der Waals surface area contributed by atoms with E-state index in [9.17, 15) is 0 Å². The number of quaternary nitrogens is 1. The summed E-state index contributed by atoms with van der Waals surface area (Å²) in [5.74, 6) is 1.37. The smallest absolute Gasteiger partial charge is 0.282 e. The van der Waals surface area contributed by atoms with Gasteiger partial charge in [0.15, 0.2) is 6.54 Å². The van der Waals surface area contributed by atoms with E-state index in [0.29, 0.717) is 11.7 Å². The number of nitrogens with zero attached hydrogens (tertiary/aromatic N) is 3. The Morgan fingerprint density at radius 1 is 1.07 bits per heavy atom. The Hall–Kier alpha value is -2.37. The summed E-state index contributed by atoms with van der Waals surface area (Å²) in [5, 5.41) is 4.97. The monoisotopic (exact) mass is 383 g/mol. The zero-order valence-electron chi connectivity index (χ0n) is 15.5. The van der Waals surface area contributed by atoms with Crippen LogP contribution in [0.5, 0.6) is 0 Å². The molecule has 1 aliphatic heterocycles. The van der Waals surface area contributed by atoms with Gasteiger partial charge in [-0.15, -0.1) is 0 Å². The summed E-state index contributed by atoms with van der Waals surface area (Å²) in [4.78, 5) is 8.39. The van der Waals surface area contributed by atoms with Crippen LogP contribution in [0.15, 0.2) is 53.1 Å². The molecule has 1 N–H and O–H groups in total. The standard InChI is InChI=1S/C21H23ClN4O/c1-2-16-7-9-17(10-8-16)21-23-20(27-24-21)15-25-11-13-26(14-12-25)19-6-4-3-5-18(19)22/h3-10H,2,11-15H2,1H3/p+1. The van der Waals surface area contributed by atoms with E-state index in [0.717, 1.165) is 55.4 Å². The Morgan fingerprint density at radius 3 is 2.52 bits per heavy atom. The van der Waals surface area contributed by atoms with E-state index in [4.69, 9.17) is 16.1 Å². The van der Waals surface area contributed by atoms with Gasteiger partial charge in [-0.05, 0) is 24.1 Å². The van der Waals surface area contributed by atoms with Crippen molar-refractivity contribution >= 4 is 17.3 Å². The van der Waals surface area contributed by atoms with E-state index in [1.807, 2.05) is 18.2 Å². The number of halogens is 1. The molecule has 0 saturated carbocycles. The largest absolute Gasteiger partial charge is 0.359 e. The molecule has 5 nitrogen and oxygen atoms in total. The van der Waals surface area contributed by atoms with Crippen molar-refractivity contribution in [2.75, 3.05) is 31.1 Å². The van der Waals surface area contributed by atoms with E-state index in [-0.39, 0.29) is 0 Å². The molecule has 6 heteroatoms. The molecule has 0 spiro atoms. The van der Waals surface area contributed by atoms with Crippen LogP contribution in [0, 0.1) is 0 Å². The normalized spacial score (nSPS) is 15.3. The third kappa shape index (κ3) is 4.15. The molecule has 27 heavy (non-hydrogen) atoms. The molecule has 1 saturated heterocycles. The Bertz CT molecular complexity index is 885. The predicted octanol–water partition coefficient (Wildman–Crippen LogP) is 2.86. The molecule has 0 aliphatic carbocycles. The quantitative estimate of drug-likeness (QED) is 0.736. The molecule has 0 radical (unpaired) electrons. The van der Waals surface area contributed by atoms with Crippen molar-refractivity contribution in [3.63, 3.8) is 0 Å². The van der Waals surface area contributed by atoms with Crippen LogP contribution in [0.1, 0.15) is 18.4 Å². The number of aromatic nitrogens is 2. The van der Waals surface area contributed by atoms with Crippen LogP contribution < -0.4 is 9.80 Å². The van der Waals surface area contributed by atoms with E-state index in [1.165, 1.54) is 10.5 Å². The maximum atomic E-state index is 6.32. The molecule has 1 aromatic heterocycles. The fourth-order valence-corrected chi connectivity index (χ4v) is 3.75. The molecular weight excluding hydrogens is 360 g/mol. The Labute approximate surface area is 164 Å². The van der Waals surface area contributed by atoms with Crippen LogP contribution in [0.3, 0.4) is 0 Å². The first-order valence-corrected chi connectivity index (χ1v) is 9.85. The first-order valence-electron chi connectivity index (χ1n) is 9.48. The van der Waals surface area contributed by atoms with Gasteiger partial charge in [-0.25, -0.2) is 0 Å². The number of nitrogens with one attached hydrogen (secondary N) is 1. The van der Waals surface area contributed by atoms with Crippen LogP contribution in [-0.2, 0) is 13.0 Å². The zero-order valence-corrected chi connectivity index (χ0v) is 16.2. The highest BCUT2D eigenvalue weighted by atomic mass is 35.5. The Balaban J connectivity index is 1.35. The summed E-state index contributed by atoms with van der Waals surface area (Å²) >= 11 is 6.32. The topological polar surface area (TPSA) is 46.6 Å². The van der Waals surface area contributed by atoms with E-state index in [2.05, 4.69) is 52.3 Å². The summed E-state index contributed by atoms with van der Waals surface area (Å²) < 4.78 is 5.49. The highest BCUT2D eigenvalue weighted by Gasteiger charge is 2.23. The lowest BCUT2D eigenvalue weighted by atomic mass is 10.1. The number of hydrogen-bond acceptors (Lipinski definition) is 4. The predicted molar refractivity (Wildman–Crippen MR) is 107 cm³/mol. The first kappa shape index (κ1) is 18.0. The molecule has 0 bridgehead atoms. The second-order valence-corrected chi connectivity index (χ2v) is 7.33. The number of piperazine rings is 1. The van der Waals surface area contributed by atoms with E-state index < -0.39 is 0 Å². The molecule has 140 valence electrons. The fourth-order valence-electron chi connectivity index (χ4n) is 3.50. The van der Waals surface area contributed by atoms with Crippen LogP contribution in [0.25, 0.3) is 11.4 Å². The minimum atomic E-state index is 0.668. The van der Waals surface area contributed by atoms with Crippen molar-refractivity contribution in [3.05, 3.63) is 65.0 Å². The van der Waals surface area contributed by atoms with Gasteiger partial charge in [-0.1, -0.05) is 60.1 Å². The van der Waals surface area contributed by atoms with Gasteiger partial charge in [-0.2, -0.15) is 4.98 Å². The van der Waals surface area contributed by atoms with Gasteiger partial charge in [0.1, 0.15) is 0 Å². The van der Waals surface area contributed by atoms with Crippen molar-refractivity contribution in [2.24, 2.45) is 0 Å². The third-order valence-corrected chi connectivity index (χ3v) is 5.47. The van der Waals surface area contributed by atoms with Gasteiger partial charge in [0.2, 0.25) is 5.82 Å². The van der Waals surface area contributed by atoms with E-state index in [1.54, 1.807) is 0 Å². The summed E-state index contributed by atoms with van der Waals surface area (Å²) in [6.45, 7) is 6.89. The highest BCUT2D eigenvalue weighted by Crippen LogP contribution is 2.24. The average molecular weight is 384 g/mol. The van der Waals surface area contributed by atoms with Gasteiger partial charge in [0, 0.05) is 5.56 Å². The second kappa shape index (κ2) is 8.11. The second-order valence-electron chi connectivity index (χ2n) is 6.93. The van der Waals surface area contributed by atoms with Gasteiger partial charge < -0.3 is 14.3 Å². The van der Waals surface area contributed by atoms with Gasteiger partial charge in [0.05, 0.1) is 36.9 Å². The number of hydrogen-bond donors (Lipinski definition) is 1. The molecular formula is C21H24ClN4O+. The van der Waals surface area contributed by atoms with Crippen molar-refractivity contribution in [1.29, 1.82) is 0 Å². The summed E-state index contributed by atoms with van der Waals surface area (Å²) in [5.41, 5.74) is 3.43. The molecule has 2 heterocycles. The Kier molecular flexibility index (Phi) is 5.41. The number of para-hydroxylation sites is 1. The maximum absolute atomic E-state index is 6.32. The maximum Gasteiger partial charge on any atom is 0.282 e. The van der Waals surface area contributed by atoms with Crippen LogP contribution >= 0.6 is 11.6 Å². The van der Waals surface area contributed by atoms with Gasteiger partial charge in [-0.3, -0.25) is 0 Å². The lowest BCUT2D eigenvalue weighted by Crippen LogP contribution is -3.13. The van der Waals surface area contributed by atoms with Crippen LogP contribution in [0.2, 0.25) is 5.02 Å². The molecule has 2 aromatic carbocycles. The summed E-state index contributed by atoms with van der Waals surface area (Å²) in [6, 6.07) is 16.4. The average Bonchev–Trinajstić information content (AvgIpc) is 3.18. The fraction of sp³-hybridized carbons (Fsp3) is 0.333. The van der Waals surface area contributed by atoms with Crippen molar-refractivity contribution in [2.45, 2.75) is 19.9 Å². The SMILES string of the molecule is CCc1ccc(-c2noc(C[NH+]3CCN(c4ccccc4Cl)CC3)n2)cc1. The van der Waals surface area contributed by atoms with Crippen LogP contribution in [-0.4, -0.2) is 36.3 Å². The van der Waals surface area contributed by atoms with Crippen LogP contribution in [0.4, 0.5) is 5.69 Å². The number of benzene rings is 2. The Morgan fingerprint density at radius 2 is 1.81 bits per heavy atom. The minimum Gasteiger partial charge on any atom is -0.359 e. The number of aryl methyl sites for hydroxylation is 1. The molecule has 1 fully saturated rings. The van der Waals surface area contributed by atoms with Crippen molar-refractivity contribution < 1.29 is 9.42 Å². The van der Waals surface area contributed by atoms with Crippen molar-refractivity contribution in [1.82, 2.24) is 10.1 Å². The number of rotatable bonds is 5. The number of anilines is 1. The minimum absolute atomic E-state index is 0.668. The van der Waals surface area contributed by atoms with Crippen molar-refractivity contribution in [3.8, 4) is 11.4 Å². The molecule has 0 unspecified atom stereocenters. The molecule has 3 aromatic rings. The lowest BCUT2D eigenvalue weighted by Gasteiger charge is -2.33. The molecule has 1 aliphatic rings. The highest BCUT2D eigenvalue weighted by molar-refractivity contribution is 6.33. The zero-order chi connectivity index (χ0) is 18.6. The van der Waals surface area contributed by atoms with Gasteiger partial charge >= 0.3 is 0 Å².